The summed E-state index contributed by atoms with van der Waals surface area (Å²) in [6.45, 7) is 8.58. The summed E-state index contributed by atoms with van der Waals surface area (Å²) >= 11 is 0. The van der Waals surface area contributed by atoms with Crippen LogP contribution in [0.4, 0.5) is 13.6 Å². The second-order valence-corrected chi connectivity index (χ2v) is 16.4. The van der Waals surface area contributed by atoms with Gasteiger partial charge in [0.15, 0.2) is 0 Å². The Bertz CT molecular complexity index is 1730. The number of urea groups is 1. The summed E-state index contributed by atoms with van der Waals surface area (Å²) in [5.74, 6) is -4.05. The first-order chi connectivity index (χ1) is 23.3. The fraction of sp³-hybridized carbons (Fsp3) is 0.645. The molecule has 0 radical (unpaired) electrons. The number of amides is 5. The highest BCUT2D eigenvalue weighted by Gasteiger charge is 2.66. The Balaban J connectivity index is 1.43. The summed E-state index contributed by atoms with van der Waals surface area (Å²) in [6, 6.07) is 3.10. The summed E-state index contributed by atoms with van der Waals surface area (Å²) in [5.41, 5.74) is -2.20. The minimum Gasteiger partial charge on any atom is -0.497 e. The van der Waals surface area contributed by atoms with Crippen molar-refractivity contribution in [2.24, 2.45) is 11.8 Å². The number of likely N-dealkylation sites (tertiary alicyclic amines) is 1. The highest BCUT2D eigenvalue weighted by molar-refractivity contribution is 7.91. The first kappa shape index (κ1) is 36.9. The molecular weight excluding hydrogens is 680 g/mol. The van der Waals surface area contributed by atoms with E-state index in [9.17, 15) is 36.4 Å². The molecule has 5 atom stereocenters. The van der Waals surface area contributed by atoms with Crippen molar-refractivity contribution in [2.45, 2.75) is 101 Å². The standard InChI is InChI=1S/C31H43F2N9O7S/c1-16(2)23(34-29(46)36-30(3,4)5)27(44)41-15-18(42-38-25(37-40-42)17-7-9-19(49-6)10-8-17)13-22(41)26(43)35-31(14-21(31)24(32)33)28(45)39-50(47,48)20-11-12-20/h7-10,16,18,20-24H,11-15H2,1-6H3,(H,35,43)(H,39,45)(H2,34,36,46)/t18-,21+,22?,23+,31-/m1/s1. The van der Waals surface area contributed by atoms with Gasteiger partial charge in [-0.25, -0.2) is 22.0 Å². The number of nitrogens with zero attached hydrogens (tertiary/aromatic N) is 5. The van der Waals surface area contributed by atoms with Gasteiger partial charge in [0, 0.05) is 24.1 Å². The number of benzene rings is 1. The number of hydrogen-bond donors (Lipinski definition) is 4. The third-order valence-electron chi connectivity index (χ3n) is 8.94. The number of methoxy groups -OCH3 is 1. The molecule has 274 valence electrons. The summed E-state index contributed by atoms with van der Waals surface area (Å²) in [4.78, 5) is 56.7. The number of tetrazole rings is 1. The van der Waals surface area contributed by atoms with Gasteiger partial charge in [0.2, 0.25) is 34.1 Å². The zero-order chi connectivity index (χ0) is 36.8. The summed E-state index contributed by atoms with van der Waals surface area (Å²) in [7, 11) is -2.58. The number of sulfonamides is 1. The molecule has 5 amide bonds. The molecule has 3 aliphatic rings. The van der Waals surface area contributed by atoms with Crippen LogP contribution in [0.5, 0.6) is 5.75 Å². The van der Waals surface area contributed by atoms with Crippen LogP contribution in [0, 0.1) is 11.8 Å². The minimum absolute atomic E-state index is 0.105. The van der Waals surface area contributed by atoms with E-state index in [1.54, 1.807) is 58.9 Å². The molecule has 4 N–H and O–H groups in total. The molecule has 19 heteroatoms. The van der Waals surface area contributed by atoms with Crippen molar-refractivity contribution in [3.8, 4) is 17.1 Å². The lowest BCUT2D eigenvalue weighted by atomic mass is 10.0. The largest absolute Gasteiger partial charge is 0.497 e. The minimum atomic E-state index is -4.11. The number of carbonyl (C=O) groups is 4. The van der Waals surface area contributed by atoms with Gasteiger partial charge < -0.3 is 25.6 Å². The molecule has 2 saturated carbocycles. The van der Waals surface area contributed by atoms with Gasteiger partial charge in [0.25, 0.3) is 5.91 Å². The normalized spacial score (nSPS) is 24.1. The number of halogens is 2. The number of rotatable bonds is 12. The summed E-state index contributed by atoms with van der Waals surface area (Å²) in [5, 5.41) is 19.7. The number of nitrogens with one attached hydrogen (secondary N) is 4. The lowest BCUT2D eigenvalue weighted by Crippen LogP contribution is -2.60. The van der Waals surface area contributed by atoms with Gasteiger partial charge in [-0.1, -0.05) is 13.8 Å². The smallest absolute Gasteiger partial charge is 0.315 e. The average molecular weight is 724 g/mol. The highest BCUT2D eigenvalue weighted by Crippen LogP contribution is 2.48. The maximum atomic E-state index is 14.2. The molecule has 5 rings (SSSR count). The van der Waals surface area contributed by atoms with E-state index < -0.39 is 92.9 Å². The van der Waals surface area contributed by atoms with Gasteiger partial charge in [0.05, 0.1) is 24.3 Å². The summed E-state index contributed by atoms with van der Waals surface area (Å²) in [6.07, 6.45) is -2.98. The van der Waals surface area contributed by atoms with E-state index in [4.69, 9.17) is 4.74 Å². The molecule has 1 saturated heterocycles. The second-order valence-electron chi connectivity index (χ2n) is 14.4. The maximum Gasteiger partial charge on any atom is 0.315 e. The van der Waals surface area contributed by atoms with Crippen LogP contribution in [0.2, 0.25) is 0 Å². The van der Waals surface area contributed by atoms with Gasteiger partial charge in [0.1, 0.15) is 23.4 Å². The number of alkyl halides is 2. The van der Waals surface area contributed by atoms with E-state index in [-0.39, 0.29) is 18.8 Å². The molecule has 2 heterocycles. The molecule has 1 unspecified atom stereocenters. The number of carbonyl (C=O) groups excluding carboxylic acids is 4. The molecule has 2 aliphatic carbocycles. The Morgan fingerprint density at radius 2 is 1.74 bits per heavy atom. The molecule has 0 bridgehead atoms. The number of ether oxygens (including phenoxy) is 1. The zero-order valence-electron chi connectivity index (χ0n) is 28.6. The molecule has 0 spiro atoms. The Labute approximate surface area is 288 Å². The predicted molar refractivity (Wildman–Crippen MR) is 174 cm³/mol. The zero-order valence-corrected chi connectivity index (χ0v) is 29.5. The third kappa shape index (κ3) is 7.97. The van der Waals surface area contributed by atoms with E-state index >= 15 is 0 Å². The van der Waals surface area contributed by atoms with Crippen molar-refractivity contribution in [3.05, 3.63) is 24.3 Å². The third-order valence-corrected chi connectivity index (χ3v) is 10.8. The Kier molecular flexibility index (Phi) is 10.1. The van der Waals surface area contributed by atoms with Crippen LogP contribution in [0.3, 0.4) is 0 Å². The fourth-order valence-electron chi connectivity index (χ4n) is 5.96. The van der Waals surface area contributed by atoms with E-state index in [0.717, 1.165) is 0 Å². The van der Waals surface area contributed by atoms with Crippen molar-refractivity contribution < 1.29 is 41.1 Å². The van der Waals surface area contributed by atoms with Gasteiger partial charge in [-0.3, -0.25) is 19.1 Å². The van der Waals surface area contributed by atoms with Gasteiger partial charge in [-0.05, 0) is 75.4 Å². The van der Waals surface area contributed by atoms with Crippen LogP contribution in [0.15, 0.2) is 24.3 Å². The van der Waals surface area contributed by atoms with Crippen LogP contribution >= 0.6 is 0 Å². The SMILES string of the molecule is COc1ccc(-c2nnn([C@@H]3CC(C(=O)N[C@]4(C(=O)NS(=O)(=O)C5CC5)C[C@H]4C(F)F)N(C(=O)[C@@H](NC(=O)NC(C)(C)C)C(C)C)C3)n2)cc1. The quantitative estimate of drug-likeness (QED) is 0.247. The van der Waals surface area contributed by atoms with Crippen molar-refractivity contribution >= 4 is 33.8 Å². The van der Waals surface area contributed by atoms with Gasteiger partial charge in [-0.15, -0.1) is 10.2 Å². The van der Waals surface area contributed by atoms with Crippen LogP contribution in [-0.2, 0) is 24.4 Å². The lowest BCUT2D eigenvalue weighted by Gasteiger charge is -2.32. The van der Waals surface area contributed by atoms with Crippen molar-refractivity contribution in [1.82, 2.24) is 45.8 Å². The molecule has 50 heavy (non-hydrogen) atoms. The fourth-order valence-corrected chi connectivity index (χ4v) is 7.32. The number of aromatic nitrogens is 4. The first-order valence-electron chi connectivity index (χ1n) is 16.3. The van der Waals surface area contributed by atoms with Crippen molar-refractivity contribution in [2.75, 3.05) is 13.7 Å². The predicted octanol–water partition coefficient (Wildman–Crippen LogP) is 1.36. The molecule has 1 aromatic carbocycles. The van der Waals surface area contributed by atoms with Crippen LogP contribution in [0.1, 0.15) is 66.3 Å². The Morgan fingerprint density at radius 3 is 2.28 bits per heavy atom. The molecule has 2 aromatic rings. The summed E-state index contributed by atoms with van der Waals surface area (Å²) < 4.78 is 60.1. The average Bonchev–Trinajstić information content (AvgIpc) is 3.92. The Morgan fingerprint density at radius 1 is 1.08 bits per heavy atom. The van der Waals surface area contributed by atoms with Gasteiger partial charge in [-0.2, -0.15) is 4.80 Å². The van der Waals surface area contributed by atoms with Crippen LogP contribution < -0.4 is 25.4 Å². The highest BCUT2D eigenvalue weighted by atomic mass is 32.2. The molecule has 1 aromatic heterocycles. The van der Waals surface area contributed by atoms with Gasteiger partial charge >= 0.3 is 6.03 Å². The lowest BCUT2D eigenvalue weighted by molar-refractivity contribution is -0.141. The first-order valence-corrected chi connectivity index (χ1v) is 17.9. The van der Waals surface area contributed by atoms with Crippen molar-refractivity contribution in [1.29, 1.82) is 0 Å². The maximum absolute atomic E-state index is 14.2. The monoisotopic (exact) mass is 723 g/mol. The van der Waals surface area contributed by atoms with Crippen LogP contribution in [-0.4, -0.2) is 106 Å². The molecule has 3 fully saturated rings. The second kappa shape index (κ2) is 13.7. The number of hydrogen-bond acceptors (Lipinski definition) is 10. The van der Waals surface area contributed by atoms with E-state index in [0.29, 0.717) is 24.2 Å². The van der Waals surface area contributed by atoms with Crippen molar-refractivity contribution in [3.63, 3.8) is 0 Å². The van der Waals surface area contributed by atoms with Crippen LogP contribution in [0.25, 0.3) is 11.4 Å². The van der Waals surface area contributed by atoms with E-state index in [1.165, 1.54) is 16.8 Å². The molecular formula is C31H43F2N9O7S. The Hall–Kier alpha value is -4.42. The molecule has 16 nitrogen and oxygen atoms in total. The molecule has 1 aliphatic heterocycles. The topological polar surface area (TPSA) is 207 Å². The van der Waals surface area contributed by atoms with E-state index in [1.807, 2.05) is 4.72 Å². The van der Waals surface area contributed by atoms with E-state index in [2.05, 4.69) is 31.4 Å².